The van der Waals surface area contributed by atoms with Crippen LogP contribution in [0.5, 0.6) is 0 Å². The van der Waals surface area contributed by atoms with Crippen LogP contribution in [-0.2, 0) is 0 Å². The number of rotatable bonds is 0. The van der Waals surface area contributed by atoms with Crippen LogP contribution in [0.25, 0.3) is 0 Å². The summed E-state index contributed by atoms with van der Waals surface area (Å²) in [4.78, 5) is 0. The van der Waals surface area contributed by atoms with Crippen LogP contribution < -0.4 is 0 Å². The molecule has 0 bridgehead atoms. The van der Waals surface area contributed by atoms with E-state index in [2.05, 4.69) is 10.2 Å². The third-order valence-corrected chi connectivity index (χ3v) is 0.625. The third kappa shape index (κ3) is 0.294. The van der Waals surface area contributed by atoms with Crippen LogP contribution in [0.15, 0.2) is 10.2 Å². The molecule has 0 aromatic rings. The van der Waals surface area contributed by atoms with Crippen molar-refractivity contribution in [2.75, 3.05) is 6.54 Å². The van der Waals surface area contributed by atoms with Gasteiger partial charge in [-0.2, -0.15) is 10.2 Å². The predicted octanol–water partition coefficient (Wildman–Crippen LogP) is 0.841. The van der Waals surface area contributed by atoms with E-state index >= 15 is 0 Å². The highest BCUT2D eigenvalue weighted by Crippen LogP contribution is 2.00. The lowest BCUT2D eigenvalue weighted by Crippen LogP contribution is -2.09. The SMILES string of the molecule is CC1CN=N1. The van der Waals surface area contributed by atoms with Gasteiger partial charge in [0.15, 0.2) is 0 Å². The first-order valence-electron chi connectivity index (χ1n) is 1.76. The second kappa shape index (κ2) is 0.776. The number of hydrogen-bond acceptors (Lipinski definition) is 2. The van der Waals surface area contributed by atoms with Crippen molar-refractivity contribution in [3.8, 4) is 0 Å². The van der Waals surface area contributed by atoms with Crippen molar-refractivity contribution in [3.05, 3.63) is 0 Å². The van der Waals surface area contributed by atoms with Gasteiger partial charge >= 0.3 is 0 Å². The summed E-state index contributed by atoms with van der Waals surface area (Å²) in [7, 11) is 0. The van der Waals surface area contributed by atoms with Crippen LogP contribution in [0.2, 0.25) is 0 Å². The fourth-order valence-corrected chi connectivity index (χ4v) is 0.245. The molecule has 0 fully saturated rings. The number of nitrogens with zero attached hydrogens (tertiary/aromatic N) is 2. The summed E-state index contributed by atoms with van der Waals surface area (Å²) in [5.74, 6) is 0. The molecule has 1 aliphatic heterocycles. The van der Waals surface area contributed by atoms with E-state index in [-0.39, 0.29) is 0 Å². The van der Waals surface area contributed by atoms with Crippen molar-refractivity contribution in [3.63, 3.8) is 0 Å². The maximum Gasteiger partial charge on any atom is 0.0893 e. The van der Waals surface area contributed by atoms with E-state index < -0.39 is 0 Å². The van der Waals surface area contributed by atoms with E-state index in [0.717, 1.165) is 6.54 Å². The molecular formula is C3H6N2. The molecule has 1 atom stereocenters. The van der Waals surface area contributed by atoms with Crippen LogP contribution >= 0.6 is 0 Å². The van der Waals surface area contributed by atoms with Gasteiger partial charge in [0.25, 0.3) is 0 Å². The zero-order chi connectivity index (χ0) is 3.70. The summed E-state index contributed by atoms with van der Waals surface area (Å²) in [6.07, 6.45) is 0. The minimum Gasteiger partial charge on any atom is -0.192 e. The molecular weight excluding hydrogens is 64.0 g/mol. The molecule has 0 aliphatic carbocycles. The zero-order valence-corrected chi connectivity index (χ0v) is 3.18. The lowest BCUT2D eigenvalue weighted by atomic mass is 10.3. The molecule has 0 aromatic heterocycles. The van der Waals surface area contributed by atoms with Gasteiger partial charge < -0.3 is 0 Å². The van der Waals surface area contributed by atoms with Crippen LogP contribution in [0.3, 0.4) is 0 Å². The summed E-state index contributed by atoms with van der Waals surface area (Å²) in [6, 6.07) is 0.523. The van der Waals surface area contributed by atoms with Crippen LogP contribution in [-0.4, -0.2) is 12.6 Å². The first kappa shape index (κ1) is 2.82. The summed E-state index contributed by atoms with van der Waals surface area (Å²) < 4.78 is 0. The Labute approximate surface area is 30.9 Å². The maximum atomic E-state index is 3.69. The summed E-state index contributed by atoms with van der Waals surface area (Å²) in [5, 5.41) is 7.32. The van der Waals surface area contributed by atoms with Gasteiger partial charge in [-0.05, 0) is 6.92 Å². The molecule has 0 spiro atoms. The molecule has 1 aliphatic rings. The minimum atomic E-state index is 0.523. The fraction of sp³-hybridized carbons (Fsp3) is 1.00. The van der Waals surface area contributed by atoms with Gasteiger partial charge in [-0.3, -0.25) is 0 Å². The minimum absolute atomic E-state index is 0.523. The third-order valence-electron chi connectivity index (χ3n) is 0.625. The summed E-state index contributed by atoms with van der Waals surface area (Å²) >= 11 is 0. The average Bonchev–Trinajstić information content (AvgIpc) is 1.30. The topological polar surface area (TPSA) is 24.7 Å². The normalized spacial score (nSPS) is 33.4. The van der Waals surface area contributed by atoms with E-state index in [4.69, 9.17) is 0 Å². The monoisotopic (exact) mass is 70.1 g/mol. The highest BCUT2D eigenvalue weighted by Gasteiger charge is 2.02. The molecule has 2 nitrogen and oxygen atoms in total. The van der Waals surface area contributed by atoms with Gasteiger partial charge in [0.2, 0.25) is 0 Å². The smallest absolute Gasteiger partial charge is 0.0893 e. The molecule has 0 aromatic carbocycles. The second-order valence-corrected chi connectivity index (χ2v) is 1.29. The Bertz CT molecular complexity index is 57.9. The van der Waals surface area contributed by atoms with Crippen molar-refractivity contribution >= 4 is 0 Å². The van der Waals surface area contributed by atoms with E-state index in [0.29, 0.717) is 6.04 Å². The molecule has 0 saturated heterocycles. The fourth-order valence-electron chi connectivity index (χ4n) is 0.245. The summed E-state index contributed by atoms with van der Waals surface area (Å²) in [6.45, 7) is 2.99. The Morgan fingerprint density at radius 1 is 1.80 bits per heavy atom. The molecule has 1 heterocycles. The number of azo groups is 1. The highest BCUT2D eigenvalue weighted by molar-refractivity contribution is 4.66. The molecule has 0 radical (unpaired) electrons. The molecule has 1 rings (SSSR count). The molecule has 0 amide bonds. The first-order valence-corrected chi connectivity index (χ1v) is 1.76. The Morgan fingerprint density at radius 2 is 2.20 bits per heavy atom. The Hall–Kier alpha value is -0.400. The van der Waals surface area contributed by atoms with Gasteiger partial charge in [-0.25, -0.2) is 0 Å². The van der Waals surface area contributed by atoms with E-state index in [9.17, 15) is 0 Å². The quantitative estimate of drug-likeness (QED) is 0.403. The lowest BCUT2D eigenvalue weighted by Gasteiger charge is -2.05. The lowest BCUT2D eigenvalue weighted by molar-refractivity contribution is 0.579. The standard InChI is InChI=1S/C3H6N2/c1-3-2-4-5-3/h3H,2H2,1H3. The molecule has 28 valence electrons. The molecule has 5 heavy (non-hydrogen) atoms. The highest BCUT2D eigenvalue weighted by atomic mass is 15.2. The van der Waals surface area contributed by atoms with Crippen molar-refractivity contribution in [1.29, 1.82) is 0 Å². The molecule has 1 unspecified atom stereocenters. The van der Waals surface area contributed by atoms with Gasteiger partial charge in [0.1, 0.15) is 0 Å². The largest absolute Gasteiger partial charge is 0.192 e. The maximum absolute atomic E-state index is 3.69. The second-order valence-electron chi connectivity index (χ2n) is 1.29. The summed E-state index contributed by atoms with van der Waals surface area (Å²) in [5.41, 5.74) is 0. The first-order chi connectivity index (χ1) is 2.39. The van der Waals surface area contributed by atoms with E-state index in [1.54, 1.807) is 0 Å². The molecule has 0 N–H and O–H groups in total. The van der Waals surface area contributed by atoms with Crippen molar-refractivity contribution in [2.24, 2.45) is 10.2 Å². The molecule has 2 heteroatoms. The predicted molar refractivity (Wildman–Crippen MR) is 19.2 cm³/mol. The number of hydrogen-bond donors (Lipinski definition) is 0. The average molecular weight is 70.1 g/mol. The molecule has 0 saturated carbocycles. The van der Waals surface area contributed by atoms with Gasteiger partial charge in [-0.15, -0.1) is 0 Å². The van der Waals surface area contributed by atoms with Gasteiger partial charge in [0.05, 0.1) is 12.6 Å². The van der Waals surface area contributed by atoms with Crippen LogP contribution in [0.4, 0.5) is 0 Å². The Balaban J connectivity index is 2.39. The van der Waals surface area contributed by atoms with Crippen molar-refractivity contribution < 1.29 is 0 Å². The van der Waals surface area contributed by atoms with E-state index in [1.165, 1.54) is 0 Å². The van der Waals surface area contributed by atoms with Crippen LogP contribution in [0, 0.1) is 0 Å². The van der Waals surface area contributed by atoms with Crippen molar-refractivity contribution in [1.82, 2.24) is 0 Å². The Kier molecular flexibility index (Phi) is 0.437. The Morgan fingerprint density at radius 3 is 2.20 bits per heavy atom. The zero-order valence-electron chi connectivity index (χ0n) is 3.18. The van der Waals surface area contributed by atoms with Gasteiger partial charge in [-0.1, -0.05) is 0 Å². The van der Waals surface area contributed by atoms with Crippen molar-refractivity contribution in [2.45, 2.75) is 13.0 Å². The van der Waals surface area contributed by atoms with E-state index in [1.807, 2.05) is 6.92 Å². The van der Waals surface area contributed by atoms with Gasteiger partial charge in [0, 0.05) is 0 Å². The van der Waals surface area contributed by atoms with Crippen LogP contribution in [0.1, 0.15) is 6.92 Å².